The van der Waals surface area contributed by atoms with E-state index < -0.39 is 5.97 Å². The van der Waals surface area contributed by atoms with Gasteiger partial charge in [-0.2, -0.15) is 10.1 Å². The van der Waals surface area contributed by atoms with E-state index in [0.717, 1.165) is 5.56 Å². The maximum absolute atomic E-state index is 13.3. The van der Waals surface area contributed by atoms with E-state index in [9.17, 15) is 14.7 Å². The van der Waals surface area contributed by atoms with Crippen LogP contribution in [0.15, 0.2) is 112 Å². The summed E-state index contributed by atoms with van der Waals surface area (Å²) in [6.07, 6.45) is 1.64. The molecule has 6 nitrogen and oxygen atoms in total. The number of hydrazone groups is 1. The summed E-state index contributed by atoms with van der Waals surface area (Å²) in [5, 5.41) is 15.5. The number of nitrogens with zero attached hydrogens (tertiary/aromatic N) is 2. The molecule has 0 unspecified atom stereocenters. The Morgan fingerprint density at radius 3 is 2.24 bits per heavy atom. The molecule has 5 rings (SSSR count). The van der Waals surface area contributed by atoms with Crippen LogP contribution >= 0.6 is 0 Å². The summed E-state index contributed by atoms with van der Waals surface area (Å²) >= 11 is 0. The number of benzene rings is 3. The van der Waals surface area contributed by atoms with Gasteiger partial charge >= 0.3 is 5.97 Å². The quantitative estimate of drug-likeness (QED) is 0.422. The summed E-state index contributed by atoms with van der Waals surface area (Å²) < 4.78 is 5.93. The van der Waals surface area contributed by atoms with Crippen molar-refractivity contribution in [1.29, 1.82) is 0 Å². The SMILES string of the molecule is O=C(O)c1ccccc1-c1ccc(/C=C2\C(=O)N(c3ccccc3)N=C2c2ccccc2)o1. The Bertz CT molecular complexity index is 1400. The maximum atomic E-state index is 13.3. The van der Waals surface area contributed by atoms with Crippen molar-refractivity contribution in [3.05, 3.63) is 120 Å². The van der Waals surface area contributed by atoms with Gasteiger partial charge in [-0.1, -0.05) is 66.7 Å². The molecule has 2 heterocycles. The molecule has 0 spiro atoms. The summed E-state index contributed by atoms with van der Waals surface area (Å²) in [6, 6.07) is 28.7. The molecule has 6 heteroatoms. The van der Waals surface area contributed by atoms with E-state index in [0.29, 0.717) is 34.1 Å². The zero-order valence-electron chi connectivity index (χ0n) is 17.4. The largest absolute Gasteiger partial charge is 0.478 e. The molecule has 0 radical (unpaired) electrons. The number of carbonyl (C=O) groups is 2. The lowest BCUT2D eigenvalue weighted by Gasteiger charge is -2.10. The first-order valence-electron chi connectivity index (χ1n) is 10.3. The minimum absolute atomic E-state index is 0.143. The maximum Gasteiger partial charge on any atom is 0.336 e. The molecule has 3 aromatic carbocycles. The van der Waals surface area contributed by atoms with Crippen LogP contribution in [-0.2, 0) is 4.79 Å². The van der Waals surface area contributed by atoms with Gasteiger partial charge in [0.15, 0.2) is 0 Å². The van der Waals surface area contributed by atoms with Crippen LogP contribution in [0.5, 0.6) is 0 Å². The summed E-state index contributed by atoms with van der Waals surface area (Å²) in [5.41, 5.74) is 3.00. The minimum Gasteiger partial charge on any atom is -0.478 e. The second kappa shape index (κ2) is 8.43. The van der Waals surface area contributed by atoms with Gasteiger partial charge in [0.25, 0.3) is 5.91 Å². The first-order chi connectivity index (χ1) is 16.1. The number of anilines is 1. The smallest absolute Gasteiger partial charge is 0.336 e. The van der Waals surface area contributed by atoms with Gasteiger partial charge in [-0.3, -0.25) is 4.79 Å². The summed E-state index contributed by atoms with van der Waals surface area (Å²) in [6.45, 7) is 0. The molecule has 0 saturated heterocycles. The van der Waals surface area contributed by atoms with E-state index in [2.05, 4.69) is 5.10 Å². The van der Waals surface area contributed by atoms with Crippen LogP contribution in [0.3, 0.4) is 0 Å². The van der Waals surface area contributed by atoms with Crippen LogP contribution < -0.4 is 5.01 Å². The molecule has 1 aliphatic rings. The number of carbonyl (C=O) groups excluding carboxylic acids is 1. The van der Waals surface area contributed by atoms with Crippen LogP contribution in [0.4, 0.5) is 5.69 Å². The Morgan fingerprint density at radius 2 is 1.52 bits per heavy atom. The van der Waals surface area contributed by atoms with Crippen molar-refractivity contribution >= 4 is 29.4 Å². The fourth-order valence-electron chi connectivity index (χ4n) is 3.70. The van der Waals surface area contributed by atoms with Crippen molar-refractivity contribution in [3.8, 4) is 11.3 Å². The number of hydrogen-bond acceptors (Lipinski definition) is 4. The van der Waals surface area contributed by atoms with Crippen LogP contribution in [0, 0.1) is 0 Å². The molecule has 0 fully saturated rings. The molecule has 0 atom stereocenters. The van der Waals surface area contributed by atoms with Crippen molar-refractivity contribution < 1.29 is 19.1 Å². The van der Waals surface area contributed by atoms with Crippen molar-refractivity contribution in [1.82, 2.24) is 0 Å². The highest BCUT2D eigenvalue weighted by molar-refractivity contribution is 6.37. The Kier molecular flexibility index (Phi) is 5.16. The Labute approximate surface area is 189 Å². The van der Waals surface area contributed by atoms with Gasteiger partial charge in [0.05, 0.1) is 16.8 Å². The van der Waals surface area contributed by atoms with Crippen LogP contribution in [0.25, 0.3) is 17.4 Å². The second-order valence-electron chi connectivity index (χ2n) is 7.38. The zero-order chi connectivity index (χ0) is 22.8. The lowest BCUT2D eigenvalue weighted by molar-refractivity contribution is -0.114. The highest BCUT2D eigenvalue weighted by atomic mass is 16.4. The van der Waals surface area contributed by atoms with E-state index in [-0.39, 0.29) is 11.5 Å². The number of aromatic carboxylic acids is 1. The number of hydrogen-bond donors (Lipinski definition) is 1. The standard InChI is InChI=1S/C27H18N2O4/c30-26-23(17-20-15-16-24(33-20)21-13-7-8-14-22(21)27(31)32)25(18-9-3-1-4-10-18)28-29(26)19-11-5-2-6-12-19/h1-17H,(H,31,32)/b23-17-. The van der Waals surface area contributed by atoms with Gasteiger partial charge < -0.3 is 9.52 Å². The second-order valence-corrected chi connectivity index (χ2v) is 7.38. The van der Waals surface area contributed by atoms with E-state index in [4.69, 9.17) is 4.42 Å². The number of rotatable bonds is 5. The number of carboxylic acids is 1. The Balaban J connectivity index is 1.57. The zero-order valence-corrected chi connectivity index (χ0v) is 17.4. The third kappa shape index (κ3) is 3.85. The molecule has 4 aromatic rings. The average molecular weight is 434 g/mol. The molecule has 1 N–H and O–H groups in total. The van der Waals surface area contributed by atoms with Gasteiger partial charge in [-0.15, -0.1) is 0 Å². The molecule has 1 aliphatic heterocycles. The monoisotopic (exact) mass is 434 g/mol. The van der Waals surface area contributed by atoms with Gasteiger partial charge in [0, 0.05) is 11.1 Å². The minimum atomic E-state index is -1.04. The van der Waals surface area contributed by atoms with Crippen molar-refractivity contribution in [2.24, 2.45) is 5.10 Å². The normalized spacial score (nSPS) is 14.5. The highest BCUT2D eigenvalue weighted by Crippen LogP contribution is 2.30. The number of furan rings is 1. The third-order valence-electron chi connectivity index (χ3n) is 5.26. The molecule has 1 aromatic heterocycles. The van der Waals surface area contributed by atoms with Crippen molar-refractivity contribution in [2.75, 3.05) is 5.01 Å². The van der Waals surface area contributed by atoms with Gasteiger partial charge in [0.2, 0.25) is 0 Å². The molecule has 0 bridgehead atoms. The topological polar surface area (TPSA) is 83.1 Å². The molecule has 0 aliphatic carbocycles. The molecule has 33 heavy (non-hydrogen) atoms. The van der Waals surface area contributed by atoms with Gasteiger partial charge in [-0.05, 0) is 36.4 Å². The van der Waals surface area contributed by atoms with Crippen LogP contribution in [-0.4, -0.2) is 22.7 Å². The number of carboxylic acid groups (broad SMARTS) is 1. The number of para-hydroxylation sites is 1. The third-order valence-corrected chi connectivity index (χ3v) is 5.26. The Hall–Kier alpha value is -4.71. The summed E-state index contributed by atoms with van der Waals surface area (Å²) in [7, 11) is 0. The molecule has 160 valence electrons. The van der Waals surface area contributed by atoms with Gasteiger partial charge in [0.1, 0.15) is 17.2 Å². The lowest BCUT2D eigenvalue weighted by atomic mass is 10.0. The fourth-order valence-corrected chi connectivity index (χ4v) is 3.70. The summed E-state index contributed by atoms with van der Waals surface area (Å²) in [4.78, 5) is 24.9. The highest BCUT2D eigenvalue weighted by Gasteiger charge is 2.32. The fraction of sp³-hybridized carbons (Fsp3) is 0. The Morgan fingerprint density at radius 1 is 0.848 bits per heavy atom. The van der Waals surface area contributed by atoms with E-state index >= 15 is 0 Å². The van der Waals surface area contributed by atoms with Crippen LogP contribution in [0.2, 0.25) is 0 Å². The summed E-state index contributed by atoms with van der Waals surface area (Å²) in [5.74, 6) is -0.482. The molecule has 1 amide bonds. The van der Waals surface area contributed by atoms with Gasteiger partial charge in [-0.25, -0.2) is 4.79 Å². The first kappa shape index (κ1) is 20.2. The predicted octanol–water partition coefficient (Wildman–Crippen LogP) is 5.48. The first-order valence-corrected chi connectivity index (χ1v) is 10.3. The van der Waals surface area contributed by atoms with E-state index in [1.807, 2.05) is 60.7 Å². The lowest BCUT2D eigenvalue weighted by Crippen LogP contribution is -2.21. The average Bonchev–Trinajstić information content (AvgIpc) is 3.45. The molecular formula is C27H18N2O4. The van der Waals surface area contributed by atoms with E-state index in [1.54, 1.807) is 36.4 Å². The number of amides is 1. The van der Waals surface area contributed by atoms with Crippen LogP contribution in [0.1, 0.15) is 21.7 Å². The molecule has 0 saturated carbocycles. The van der Waals surface area contributed by atoms with E-state index in [1.165, 1.54) is 11.1 Å². The van der Waals surface area contributed by atoms with Crippen molar-refractivity contribution in [3.63, 3.8) is 0 Å². The predicted molar refractivity (Wildman–Crippen MR) is 126 cm³/mol. The van der Waals surface area contributed by atoms with Crippen molar-refractivity contribution in [2.45, 2.75) is 0 Å². The molecular weight excluding hydrogens is 416 g/mol.